The van der Waals surface area contributed by atoms with Gasteiger partial charge in [0.15, 0.2) is 0 Å². The molecule has 238 valence electrons. The molecule has 2 unspecified atom stereocenters. The molecule has 5 rings (SSSR count). The minimum atomic E-state index is -4.71. The highest BCUT2D eigenvalue weighted by molar-refractivity contribution is 7.89. The van der Waals surface area contributed by atoms with Gasteiger partial charge in [0, 0.05) is 43.1 Å². The Balaban J connectivity index is 1.33. The van der Waals surface area contributed by atoms with E-state index in [-0.39, 0.29) is 23.6 Å². The normalized spacial score (nSPS) is 19.6. The molecule has 0 radical (unpaired) electrons. The van der Waals surface area contributed by atoms with E-state index in [0.29, 0.717) is 54.6 Å². The summed E-state index contributed by atoms with van der Waals surface area (Å²) in [5, 5.41) is 0. The maximum atomic E-state index is 15.1. The number of hydrogen-bond donors (Lipinski definition) is 0. The van der Waals surface area contributed by atoms with Gasteiger partial charge in [-0.1, -0.05) is 12.5 Å². The molecule has 2 aliphatic heterocycles. The second-order valence-electron chi connectivity index (χ2n) is 11.2. The lowest BCUT2D eigenvalue weighted by molar-refractivity contribution is -0.140. The largest absolute Gasteiger partial charge is 0.497 e. The molecule has 2 aromatic carbocycles. The van der Waals surface area contributed by atoms with Gasteiger partial charge in [0.05, 0.1) is 24.2 Å². The van der Waals surface area contributed by atoms with Gasteiger partial charge in [-0.2, -0.15) is 17.5 Å². The summed E-state index contributed by atoms with van der Waals surface area (Å²) in [5.74, 6) is -0.977. The highest BCUT2D eigenvalue weighted by Crippen LogP contribution is 2.37. The minimum Gasteiger partial charge on any atom is -0.497 e. The van der Waals surface area contributed by atoms with E-state index in [0.717, 1.165) is 18.6 Å². The third-order valence-corrected chi connectivity index (χ3v) is 10.6. The van der Waals surface area contributed by atoms with E-state index in [4.69, 9.17) is 9.47 Å². The van der Waals surface area contributed by atoms with Crippen molar-refractivity contribution < 1.29 is 40.2 Å². The number of carbonyl (C=O) groups is 1. The fraction of sp³-hybridized carbons (Fsp3) is 0.452. The van der Waals surface area contributed by atoms with E-state index in [1.165, 1.54) is 16.3 Å². The molecule has 0 bridgehead atoms. The molecule has 44 heavy (non-hydrogen) atoms. The molecule has 0 saturated carbocycles. The molecular formula is C31H35F4N3O5S. The van der Waals surface area contributed by atoms with Crippen LogP contribution in [0, 0.1) is 19.7 Å². The number of fused-ring (bicyclic) bond motifs is 1. The van der Waals surface area contributed by atoms with Gasteiger partial charge in [0.2, 0.25) is 15.9 Å². The van der Waals surface area contributed by atoms with Crippen molar-refractivity contribution in [2.45, 2.75) is 62.8 Å². The molecule has 3 aromatic rings. The minimum absolute atomic E-state index is 0.0251. The Hall–Kier alpha value is -3.42. The van der Waals surface area contributed by atoms with Crippen LogP contribution in [0.3, 0.4) is 0 Å². The number of carbonyl (C=O) groups excluding carboxylic acids is 1. The molecule has 3 heterocycles. The highest BCUT2D eigenvalue weighted by Gasteiger charge is 2.38. The summed E-state index contributed by atoms with van der Waals surface area (Å²) >= 11 is 0. The first-order chi connectivity index (χ1) is 20.8. The maximum absolute atomic E-state index is 15.1. The van der Waals surface area contributed by atoms with E-state index >= 15 is 4.39 Å². The zero-order valence-corrected chi connectivity index (χ0v) is 25.5. The second kappa shape index (κ2) is 12.5. The molecule has 2 aliphatic rings. The molecule has 0 N–H and O–H groups in total. The number of sulfonamides is 1. The average molecular weight is 638 g/mol. The first-order valence-electron chi connectivity index (χ1n) is 14.4. The molecule has 1 saturated heterocycles. The Labute approximate surface area is 254 Å². The molecule has 8 nitrogen and oxygen atoms in total. The zero-order chi connectivity index (χ0) is 31.8. The molecule has 1 aromatic heterocycles. The average Bonchev–Trinajstić information content (AvgIpc) is 3.45. The highest BCUT2D eigenvalue weighted by atomic mass is 32.2. The van der Waals surface area contributed by atoms with Crippen LogP contribution < -0.4 is 4.74 Å². The predicted octanol–water partition coefficient (Wildman–Crippen LogP) is 5.46. The number of halogens is 4. The molecular weight excluding hydrogens is 602 g/mol. The Morgan fingerprint density at radius 2 is 1.75 bits per heavy atom. The van der Waals surface area contributed by atoms with Gasteiger partial charge in [0.25, 0.3) is 0 Å². The third kappa shape index (κ3) is 6.22. The van der Waals surface area contributed by atoms with Crippen molar-refractivity contribution in [3.63, 3.8) is 0 Å². The number of hydrogen-bond acceptors (Lipinski definition) is 5. The SMILES string of the molecule is COc1cc(C)c(S(=O)(=O)N2CCCCC2COCC(=O)N2CCn3cccc3C2c2ccc(C(F)(F)F)cc2F)c(C)c1. The quantitative estimate of drug-likeness (QED) is 0.307. The van der Waals surface area contributed by atoms with Crippen LogP contribution in [0.1, 0.15) is 53.3 Å². The number of aryl methyl sites for hydroxylation is 2. The number of ether oxygens (including phenoxy) is 2. The van der Waals surface area contributed by atoms with Crippen LogP contribution in [-0.4, -0.2) is 67.6 Å². The first kappa shape index (κ1) is 32.0. The van der Waals surface area contributed by atoms with Crippen LogP contribution >= 0.6 is 0 Å². The van der Waals surface area contributed by atoms with Crippen LogP contribution in [0.25, 0.3) is 0 Å². The number of rotatable bonds is 8. The number of alkyl halides is 3. The van der Waals surface area contributed by atoms with Crippen molar-refractivity contribution >= 4 is 15.9 Å². The lowest BCUT2D eigenvalue weighted by atomic mass is 9.97. The zero-order valence-electron chi connectivity index (χ0n) is 24.7. The van der Waals surface area contributed by atoms with Gasteiger partial charge in [-0.3, -0.25) is 4.79 Å². The van der Waals surface area contributed by atoms with Crippen LogP contribution in [-0.2, 0) is 32.3 Å². The van der Waals surface area contributed by atoms with Crippen molar-refractivity contribution in [2.24, 2.45) is 0 Å². The Morgan fingerprint density at radius 3 is 2.41 bits per heavy atom. The summed E-state index contributed by atoms with van der Waals surface area (Å²) in [4.78, 5) is 15.1. The summed E-state index contributed by atoms with van der Waals surface area (Å²) in [6.45, 7) is 3.95. The van der Waals surface area contributed by atoms with E-state index in [2.05, 4.69) is 0 Å². The smallest absolute Gasteiger partial charge is 0.416 e. The predicted molar refractivity (Wildman–Crippen MR) is 154 cm³/mol. The fourth-order valence-corrected chi connectivity index (χ4v) is 8.37. The summed E-state index contributed by atoms with van der Waals surface area (Å²) in [6, 6.07) is 7.67. The number of aromatic nitrogens is 1. The fourth-order valence-electron chi connectivity index (χ4n) is 6.28. The van der Waals surface area contributed by atoms with Crippen LogP contribution in [0.2, 0.25) is 0 Å². The Morgan fingerprint density at radius 1 is 1.02 bits per heavy atom. The van der Waals surface area contributed by atoms with E-state index in [9.17, 15) is 26.4 Å². The Kier molecular flexibility index (Phi) is 9.11. The molecule has 13 heteroatoms. The molecule has 1 fully saturated rings. The number of piperidine rings is 1. The number of methoxy groups -OCH3 is 1. The summed E-state index contributed by atoms with van der Waals surface area (Å²) < 4.78 is 96.8. The standard InChI is InChI=1S/C31H35F4N3O5S/c1-20-15-24(42-3)16-21(2)30(20)44(40,41)38-12-5-4-7-23(38)18-43-19-28(39)37-14-13-36-11-6-8-27(36)29(37)25-10-9-22(17-26(25)32)31(33,34)35/h6,8-11,15-17,23,29H,4-5,7,12-14,18-19H2,1-3H3. The van der Waals surface area contributed by atoms with Gasteiger partial charge in [0.1, 0.15) is 24.2 Å². The van der Waals surface area contributed by atoms with Gasteiger partial charge in [-0.15, -0.1) is 0 Å². The summed E-state index contributed by atoms with van der Waals surface area (Å²) in [7, 11) is -2.36. The van der Waals surface area contributed by atoms with Crippen LogP contribution in [0.15, 0.2) is 53.6 Å². The monoisotopic (exact) mass is 637 g/mol. The van der Waals surface area contributed by atoms with Crippen molar-refractivity contribution in [2.75, 3.05) is 33.4 Å². The molecule has 1 amide bonds. The molecule has 0 aliphatic carbocycles. The van der Waals surface area contributed by atoms with Crippen molar-refractivity contribution in [3.8, 4) is 5.75 Å². The first-order valence-corrected chi connectivity index (χ1v) is 15.8. The van der Waals surface area contributed by atoms with Gasteiger partial charge in [-0.05, 0) is 74.2 Å². The van der Waals surface area contributed by atoms with Crippen LogP contribution in [0.4, 0.5) is 17.6 Å². The van der Waals surface area contributed by atoms with E-state index in [1.807, 2.05) is 4.57 Å². The summed E-state index contributed by atoms with van der Waals surface area (Å²) in [5.41, 5.74) is 0.536. The van der Waals surface area contributed by atoms with Crippen molar-refractivity contribution in [3.05, 3.63) is 82.4 Å². The van der Waals surface area contributed by atoms with Gasteiger partial charge < -0.3 is 18.9 Å². The molecule has 0 spiro atoms. The lowest BCUT2D eigenvalue weighted by Crippen LogP contribution is -2.47. The number of benzene rings is 2. The summed E-state index contributed by atoms with van der Waals surface area (Å²) in [6.07, 6.45) is -0.893. The topological polar surface area (TPSA) is 81.1 Å². The van der Waals surface area contributed by atoms with Crippen LogP contribution in [0.5, 0.6) is 5.75 Å². The van der Waals surface area contributed by atoms with Crippen molar-refractivity contribution in [1.29, 1.82) is 0 Å². The van der Waals surface area contributed by atoms with Crippen molar-refractivity contribution in [1.82, 2.24) is 13.8 Å². The molecule has 2 atom stereocenters. The Bertz CT molecular complexity index is 1620. The van der Waals surface area contributed by atoms with E-state index < -0.39 is 52.2 Å². The second-order valence-corrected chi connectivity index (χ2v) is 13.0. The van der Waals surface area contributed by atoms with E-state index in [1.54, 1.807) is 44.3 Å². The number of amides is 1. The third-order valence-electron chi connectivity index (χ3n) is 8.33. The van der Waals surface area contributed by atoms with Gasteiger partial charge >= 0.3 is 6.18 Å². The van der Waals surface area contributed by atoms with Gasteiger partial charge in [-0.25, -0.2) is 12.8 Å². The lowest BCUT2D eigenvalue weighted by Gasteiger charge is -2.38. The number of nitrogens with zero attached hydrogens (tertiary/aromatic N) is 3. The maximum Gasteiger partial charge on any atom is 0.416 e.